The molecule has 0 aliphatic carbocycles. The van der Waals surface area contributed by atoms with E-state index in [9.17, 15) is 9.59 Å². The van der Waals surface area contributed by atoms with Gasteiger partial charge in [0.15, 0.2) is 5.15 Å². The van der Waals surface area contributed by atoms with Crippen LogP contribution in [0.3, 0.4) is 0 Å². The first-order valence-corrected chi connectivity index (χ1v) is 17.8. The first-order valence-electron chi connectivity index (χ1n) is 17.5. The largest absolute Gasteiger partial charge is 0.508 e. The van der Waals surface area contributed by atoms with Gasteiger partial charge in [-0.2, -0.15) is 0 Å². The second-order valence-corrected chi connectivity index (χ2v) is 12.3. The smallest absolute Gasteiger partial charge is 0.447 e. The number of imidazole rings is 1. The van der Waals surface area contributed by atoms with Gasteiger partial charge in [0.1, 0.15) is 12.4 Å². The summed E-state index contributed by atoms with van der Waals surface area (Å²) in [6, 6.07) is 15.4. The topological polar surface area (TPSA) is 229 Å². The molecule has 0 saturated heterocycles. The number of nitrogens with zero attached hydrogens (tertiary/aromatic N) is 8. The highest BCUT2D eigenvalue weighted by Crippen LogP contribution is 2.30. The molecule has 54 heavy (non-hydrogen) atoms. The number of hydrogen-bond acceptors (Lipinski definition) is 17. The summed E-state index contributed by atoms with van der Waals surface area (Å²) in [5, 5.41) is 45.9. The Kier molecular flexibility index (Phi) is 17.7. The van der Waals surface area contributed by atoms with Crippen molar-refractivity contribution in [2.75, 3.05) is 26.4 Å². The van der Waals surface area contributed by atoms with Gasteiger partial charge in [-0.15, -0.1) is 10.2 Å². The molecular formula is C34H45ClN8O11. The number of carbonyl (C=O) groups is 2. The van der Waals surface area contributed by atoms with E-state index >= 15 is 0 Å². The Hall–Kier alpha value is -4.57. The lowest BCUT2D eigenvalue weighted by molar-refractivity contribution is -0.492. The van der Waals surface area contributed by atoms with Crippen LogP contribution in [0.5, 0.6) is 0 Å². The van der Waals surface area contributed by atoms with Crippen LogP contribution in [0.2, 0.25) is 5.15 Å². The summed E-state index contributed by atoms with van der Waals surface area (Å²) in [5.41, 5.74) is 3.85. The van der Waals surface area contributed by atoms with Crippen molar-refractivity contribution in [3.05, 3.63) is 70.8 Å². The number of aryl methyl sites for hydroxylation is 1. The monoisotopic (exact) mass is 776 g/mol. The van der Waals surface area contributed by atoms with Crippen molar-refractivity contribution in [3.63, 3.8) is 0 Å². The van der Waals surface area contributed by atoms with Crippen LogP contribution in [0, 0.1) is 0 Å². The highest BCUT2D eigenvalue weighted by molar-refractivity contribution is 6.30. The van der Waals surface area contributed by atoms with Gasteiger partial charge in [-0.1, -0.05) is 78.3 Å². The lowest BCUT2D eigenvalue weighted by atomic mass is 9.98. The maximum Gasteiger partial charge on any atom is 0.508 e. The van der Waals surface area contributed by atoms with Gasteiger partial charge in [0, 0.05) is 18.5 Å². The molecule has 0 radical (unpaired) electrons. The number of aromatic nitrogens is 6. The number of tetrazole rings is 1. The Labute approximate surface area is 315 Å². The zero-order valence-electron chi connectivity index (χ0n) is 29.8. The zero-order valence-corrected chi connectivity index (χ0v) is 30.6. The van der Waals surface area contributed by atoms with E-state index in [0.717, 1.165) is 40.2 Å². The molecule has 0 fully saturated rings. The van der Waals surface area contributed by atoms with E-state index in [-0.39, 0.29) is 54.8 Å². The van der Waals surface area contributed by atoms with Crippen LogP contribution in [0.15, 0.2) is 48.5 Å². The fourth-order valence-corrected chi connectivity index (χ4v) is 5.51. The molecule has 0 aliphatic rings. The molecular weight excluding hydrogens is 732 g/mol. The van der Waals surface area contributed by atoms with E-state index in [1.54, 1.807) is 0 Å². The van der Waals surface area contributed by atoms with Gasteiger partial charge in [0.2, 0.25) is 5.82 Å². The van der Waals surface area contributed by atoms with Crippen LogP contribution < -0.4 is 0 Å². The Balaban J connectivity index is 1.37. The molecule has 0 spiro atoms. The summed E-state index contributed by atoms with van der Waals surface area (Å²) in [6.45, 7) is 2.83. The molecule has 294 valence electrons. The second-order valence-electron chi connectivity index (χ2n) is 11.9. The summed E-state index contributed by atoms with van der Waals surface area (Å²) in [5.74, 6) is 1.01. The van der Waals surface area contributed by atoms with Crippen LogP contribution in [0.1, 0.15) is 75.4 Å². The number of hydrogen-bond donors (Lipinski definition) is 4. The van der Waals surface area contributed by atoms with E-state index in [2.05, 4.69) is 37.0 Å². The molecule has 19 nitrogen and oxygen atoms in total. The summed E-state index contributed by atoms with van der Waals surface area (Å²) < 4.78 is 17.7. The molecule has 2 aromatic carbocycles. The lowest BCUT2D eigenvalue weighted by Gasteiger charge is -2.14. The van der Waals surface area contributed by atoms with Crippen LogP contribution in [-0.4, -0.2) is 100 Å². The number of unbranched alkanes of at least 4 members (excludes halogenated alkanes) is 5. The average molecular weight is 777 g/mol. The third-order valence-corrected chi connectivity index (χ3v) is 8.27. The van der Waals surface area contributed by atoms with Gasteiger partial charge in [-0.05, 0) is 66.8 Å². The standard InChI is InChI=1S/C34H45ClN8O11/c1-2-3-14-30-36-31(35)29(24-52-34(45)51-20-9-5-11-22-54-43(48)49)40(30)23-25-15-17-26(18-16-25)27-12-6-7-13-28(27)32-37-39-41(38-32)33(44)50-19-8-4-10-21-53-42(46)47/h6-7,12-13,15-18,46-49H,2-5,8-11,14,19-24H2,1H3. The molecule has 4 N–H and O–H groups in total. The summed E-state index contributed by atoms with van der Waals surface area (Å²) in [7, 11) is 0. The van der Waals surface area contributed by atoms with Crippen molar-refractivity contribution in [1.29, 1.82) is 0 Å². The SMILES string of the molecule is CCCCc1nc(Cl)c(COC(=O)OCCCCCON(O)O)n1Cc1ccc(-c2ccccc2-c2nnn(C(=O)OCCCCCON(O)O)n2)cc1. The van der Waals surface area contributed by atoms with E-state index < -0.39 is 12.2 Å². The predicted molar refractivity (Wildman–Crippen MR) is 187 cm³/mol. The van der Waals surface area contributed by atoms with Crippen molar-refractivity contribution in [2.45, 2.75) is 77.9 Å². The maximum atomic E-state index is 12.5. The molecule has 4 aromatic rings. The molecule has 0 aliphatic heterocycles. The van der Waals surface area contributed by atoms with Crippen molar-refractivity contribution >= 4 is 23.8 Å². The van der Waals surface area contributed by atoms with Gasteiger partial charge in [-0.25, -0.2) is 14.6 Å². The van der Waals surface area contributed by atoms with Crippen molar-refractivity contribution in [2.24, 2.45) is 0 Å². The van der Waals surface area contributed by atoms with E-state index in [0.29, 0.717) is 62.7 Å². The molecule has 0 amide bonds. The summed E-state index contributed by atoms with van der Waals surface area (Å²) in [4.78, 5) is 39.2. The third kappa shape index (κ3) is 13.7. The molecule has 20 heteroatoms. The summed E-state index contributed by atoms with van der Waals surface area (Å²) >= 11 is 6.55. The Morgan fingerprint density at radius 1 is 0.778 bits per heavy atom. The normalized spacial score (nSPS) is 11.4. The van der Waals surface area contributed by atoms with Gasteiger partial charge >= 0.3 is 12.2 Å². The Morgan fingerprint density at radius 2 is 1.41 bits per heavy atom. The van der Waals surface area contributed by atoms with Gasteiger partial charge in [0.25, 0.3) is 0 Å². The molecule has 0 unspecified atom stereocenters. The fraction of sp³-hybridized carbons (Fsp3) is 0.471. The highest BCUT2D eigenvalue weighted by atomic mass is 35.5. The molecule has 0 saturated carbocycles. The molecule has 2 heterocycles. The van der Waals surface area contributed by atoms with Crippen LogP contribution in [-0.2, 0) is 43.5 Å². The van der Waals surface area contributed by atoms with Crippen molar-refractivity contribution in [3.8, 4) is 22.5 Å². The zero-order chi connectivity index (χ0) is 38.7. The fourth-order valence-electron chi connectivity index (χ4n) is 5.25. The Bertz CT molecular complexity index is 1740. The van der Waals surface area contributed by atoms with Crippen molar-refractivity contribution < 1.29 is 54.3 Å². The Morgan fingerprint density at radius 3 is 2.06 bits per heavy atom. The quantitative estimate of drug-likeness (QED) is 0.0370. The minimum atomic E-state index is -0.838. The number of benzene rings is 2. The van der Waals surface area contributed by atoms with E-state index in [1.807, 2.05) is 53.1 Å². The van der Waals surface area contributed by atoms with Gasteiger partial charge in [-0.3, -0.25) is 30.5 Å². The lowest BCUT2D eigenvalue weighted by Crippen LogP contribution is -2.18. The molecule has 4 rings (SSSR count). The first-order chi connectivity index (χ1) is 26.2. The second kappa shape index (κ2) is 22.6. The highest BCUT2D eigenvalue weighted by Gasteiger charge is 2.20. The van der Waals surface area contributed by atoms with E-state index in [4.69, 9.17) is 46.6 Å². The number of ether oxygens (including phenoxy) is 3. The van der Waals surface area contributed by atoms with Gasteiger partial charge in [0.05, 0.1) is 42.9 Å². The van der Waals surface area contributed by atoms with Crippen LogP contribution in [0.4, 0.5) is 9.59 Å². The predicted octanol–water partition coefficient (Wildman–Crippen LogP) is 6.25. The molecule has 0 bridgehead atoms. The first kappa shape index (κ1) is 42.2. The van der Waals surface area contributed by atoms with Gasteiger partial charge < -0.3 is 18.8 Å². The molecule has 2 aromatic heterocycles. The average Bonchev–Trinajstić information content (AvgIpc) is 3.76. The number of rotatable bonds is 23. The van der Waals surface area contributed by atoms with Crippen LogP contribution >= 0.6 is 11.6 Å². The maximum absolute atomic E-state index is 12.5. The minimum absolute atomic E-state index is 0.105. The van der Waals surface area contributed by atoms with Crippen LogP contribution in [0.25, 0.3) is 22.5 Å². The summed E-state index contributed by atoms with van der Waals surface area (Å²) in [6.07, 6.45) is 4.34. The molecule has 0 atom stereocenters. The minimum Gasteiger partial charge on any atom is -0.447 e. The van der Waals surface area contributed by atoms with E-state index in [1.165, 1.54) is 0 Å². The van der Waals surface area contributed by atoms with Crippen molar-refractivity contribution in [1.82, 2.24) is 40.5 Å². The third-order valence-electron chi connectivity index (χ3n) is 7.97. The number of carbonyl (C=O) groups excluding carboxylic acids is 2. The number of halogens is 1.